The van der Waals surface area contributed by atoms with Crippen LogP contribution in [0.15, 0.2) is 35.8 Å². The fraction of sp³-hybridized carbons (Fsp3) is 0.520. The van der Waals surface area contributed by atoms with E-state index in [1.165, 1.54) is 23.5 Å². The van der Waals surface area contributed by atoms with E-state index in [9.17, 15) is 18.8 Å². The lowest BCUT2D eigenvalue weighted by molar-refractivity contribution is -0.145. The topological polar surface area (TPSA) is 91.4 Å². The molecule has 3 rings (SSSR count). The molecule has 9 heteroatoms. The molecule has 0 radical (unpaired) electrons. The third kappa shape index (κ3) is 7.35. The second-order valence-corrected chi connectivity index (χ2v) is 10.6. The lowest BCUT2D eigenvalue weighted by atomic mass is 9.90. The second kappa shape index (κ2) is 11.6. The lowest BCUT2D eigenvalue weighted by Crippen LogP contribution is -2.52. The van der Waals surface area contributed by atoms with Gasteiger partial charge in [0.15, 0.2) is 5.13 Å². The van der Waals surface area contributed by atoms with Gasteiger partial charge in [-0.25, -0.2) is 9.37 Å². The third-order valence-electron chi connectivity index (χ3n) is 5.71. The van der Waals surface area contributed by atoms with Crippen LogP contribution in [0.4, 0.5) is 9.52 Å². The predicted octanol–water partition coefficient (Wildman–Crippen LogP) is 4.82. The van der Waals surface area contributed by atoms with Gasteiger partial charge in [-0.05, 0) is 51.3 Å². The SMILES string of the molecule is CC(C)(C)NC(=O)C(c1ccc(F)cc1)N(C(=O)CCC(=O)Nc1nccs1)C1CCCCC1. The van der Waals surface area contributed by atoms with Crippen molar-refractivity contribution in [3.63, 3.8) is 0 Å². The van der Waals surface area contributed by atoms with Crippen LogP contribution in [0.3, 0.4) is 0 Å². The average Bonchev–Trinajstić information content (AvgIpc) is 3.29. The maximum Gasteiger partial charge on any atom is 0.247 e. The number of hydrogen-bond acceptors (Lipinski definition) is 5. The molecule has 7 nitrogen and oxygen atoms in total. The first-order valence-electron chi connectivity index (χ1n) is 11.7. The zero-order valence-corrected chi connectivity index (χ0v) is 20.8. The number of carbonyl (C=O) groups is 3. The number of benzene rings is 1. The average molecular weight is 489 g/mol. The normalized spacial score (nSPS) is 15.4. The molecule has 1 heterocycles. The molecular formula is C25H33FN4O3S. The van der Waals surface area contributed by atoms with E-state index in [2.05, 4.69) is 15.6 Å². The zero-order chi connectivity index (χ0) is 24.7. The lowest BCUT2D eigenvalue weighted by Gasteiger charge is -2.40. The zero-order valence-electron chi connectivity index (χ0n) is 20.0. The summed E-state index contributed by atoms with van der Waals surface area (Å²) in [6, 6.07) is 4.69. The number of anilines is 1. The van der Waals surface area contributed by atoms with Crippen molar-refractivity contribution in [3.05, 3.63) is 47.2 Å². The van der Waals surface area contributed by atoms with Crippen LogP contribution in [-0.4, -0.2) is 39.2 Å². The summed E-state index contributed by atoms with van der Waals surface area (Å²) in [5, 5.41) is 7.92. The van der Waals surface area contributed by atoms with Gasteiger partial charge in [-0.15, -0.1) is 11.3 Å². The number of amides is 3. The van der Waals surface area contributed by atoms with Crippen LogP contribution in [0.25, 0.3) is 0 Å². The summed E-state index contributed by atoms with van der Waals surface area (Å²) in [6.45, 7) is 5.63. The molecule has 1 aromatic carbocycles. The van der Waals surface area contributed by atoms with Crippen LogP contribution >= 0.6 is 11.3 Å². The monoisotopic (exact) mass is 488 g/mol. The minimum Gasteiger partial charge on any atom is -0.349 e. The molecule has 1 unspecified atom stereocenters. The van der Waals surface area contributed by atoms with Crippen LogP contribution in [0, 0.1) is 5.82 Å². The molecule has 1 saturated carbocycles. The first-order chi connectivity index (χ1) is 16.1. The quantitative estimate of drug-likeness (QED) is 0.557. The van der Waals surface area contributed by atoms with Crippen molar-refractivity contribution in [2.75, 3.05) is 5.32 Å². The molecule has 1 fully saturated rings. The van der Waals surface area contributed by atoms with Gasteiger partial charge in [-0.3, -0.25) is 14.4 Å². The smallest absolute Gasteiger partial charge is 0.247 e. The van der Waals surface area contributed by atoms with E-state index in [0.717, 1.165) is 32.1 Å². The number of hydrogen-bond donors (Lipinski definition) is 2. The largest absolute Gasteiger partial charge is 0.349 e. The maximum absolute atomic E-state index is 13.7. The maximum atomic E-state index is 13.7. The van der Waals surface area contributed by atoms with Crippen molar-refractivity contribution in [3.8, 4) is 0 Å². The van der Waals surface area contributed by atoms with Crippen molar-refractivity contribution >= 4 is 34.2 Å². The second-order valence-electron chi connectivity index (χ2n) is 9.67. The van der Waals surface area contributed by atoms with E-state index in [-0.39, 0.29) is 36.6 Å². The number of thiazole rings is 1. The van der Waals surface area contributed by atoms with Gasteiger partial charge in [-0.1, -0.05) is 31.4 Å². The van der Waals surface area contributed by atoms with Crippen molar-refractivity contribution in [2.24, 2.45) is 0 Å². The summed E-state index contributed by atoms with van der Waals surface area (Å²) in [6.07, 6.45) is 6.15. The molecule has 0 spiro atoms. The number of aromatic nitrogens is 1. The van der Waals surface area contributed by atoms with Gasteiger partial charge in [0.1, 0.15) is 11.9 Å². The highest BCUT2D eigenvalue weighted by Gasteiger charge is 2.37. The van der Waals surface area contributed by atoms with E-state index >= 15 is 0 Å². The highest BCUT2D eigenvalue weighted by Crippen LogP contribution is 2.32. The number of carbonyl (C=O) groups excluding carboxylic acids is 3. The molecule has 1 aliphatic rings. The molecule has 1 atom stereocenters. The van der Waals surface area contributed by atoms with Gasteiger partial charge >= 0.3 is 0 Å². The molecule has 184 valence electrons. The van der Waals surface area contributed by atoms with Gasteiger partial charge < -0.3 is 15.5 Å². The molecule has 0 saturated heterocycles. The summed E-state index contributed by atoms with van der Waals surface area (Å²) >= 11 is 1.31. The summed E-state index contributed by atoms with van der Waals surface area (Å²) < 4.78 is 13.7. The van der Waals surface area contributed by atoms with Crippen molar-refractivity contribution in [1.82, 2.24) is 15.2 Å². The minimum atomic E-state index is -0.905. The molecule has 0 aliphatic heterocycles. The Morgan fingerprint density at radius 1 is 1.12 bits per heavy atom. The Morgan fingerprint density at radius 3 is 2.38 bits per heavy atom. The van der Waals surface area contributed by atoms with Crippen LogP contribution in [0.5, 0.6) is 0 Å². The molecule has 34 heavy (non-hydrogen) atoms. The Hall–Kier alpha value is -2.81. The van der Waals surface area contributed by atoms with Gasteiger partial charge in [-0.2, -0.15) is 0 Å². The molecular weight excluding hydrogens is 455 g/mol. The molecule has 1 aromatic heterocycles. The van der Waals surface area contributed by atoms with E-state index in [4.69, 9.17) is 0 Å². The van der Waals surface area contributed by atoms with Gasteiger partial charge in [0, 0.05) is 36.0 Å². The molecule has 2 aromatic rings. The first-order valence-corrected chi connectivity index (χ1v) is 12.6. The van der Waals surface area contributed by atoms with Gasteiger partial charge in [0.05, 0.1) is 0 Å². The Bertz CT molecular complexity index is 967. The number of nitrogens with zero attached hydrogens (tertiary/aromatic N) is 2. The Morgan fingerprint density at radius 2 is 1.79 bits per heavy atom. The fourth-order valence-electron chi connectivity index (χ4n) is 4.26. The summed E-state index contributed by atoms with van der Waals surface area (Å²) in [7, 11) is 0. The summed E-state index contributed by atoms with van der Waals surface area (Å²) in [4.78, 5) is 45.1. The van der Waals surface area contributed by atoms with E-state index in [1.54, 1.807) is 28.6 Å². The third-order valence-corrected chi connectivity index (χ3v) is 6.40. The van der Waals surface area contributed by atoms with Crippen LogP contribution in [0.1, 0.15) is 77.3 Å². The van der Waals surface area contributed by atoms with Crippen LogP contribution < -0.4 is 10.6 Å². The number of halogens is 1. The standard InChI is InChI=1S/C25H33FN4O3S/c1-25(2,3)29-23(33)22(17-9-11-18(26)12-10-17)30(19-7-5-4-6-8-19)21(32)14-13-20(31)28-24-27-15-16-34-24/h9-12,15-16,19,22H,4-8,13-14H2,1-3H3,(H,29,33)(H,27,28,31). The van der Waals surface area contributed by atoms with E-state index < -0.39 is 17.4 Å². The Balaban J connectivity index is 1.87. The van der Waals surface area contributed by atoms with Gasteiger partial charge in [0.2, 0.25) is 17.7 Å². The highest BCUT2D eigenvalue weighted by molar-refractivity contribution is 7.13. The van der Waals surface area contributed by atoms with Crippen molar-refractivity contribution < 1.29 is 18.8 Å². The summed E-state index contributed by atoms with van der Waals surface area (Å²) in [5.41, 5.74) is 0.0406. The van der Waals surface area contributed by atoms with Crippen molar-refractivity contribution in [1.29, 1.82) is 0 Å². The first kappa shape index (κ1) is 25.8. The number of nitrogens with one attached hydrogen (secondary N) is 2. The minimum absolute atomic E-state index is 0.0152. The number of rotatable bonds is 8. The molecule has 1 aliphatic carbocycles. The fourth-order valence-corrected chi connectivity index (χ4v) is 4.80. The van der Waals surface area contributed by atoms with E-state index in [1.807, 2.05) is 20.8 Å². The predicted molar refractivity (Wildman–Crippen MR) is 131 cm³/mol. The van der Waals surface area contributed by atoms with Crippen molar-refractivity contribution in [2.45, 2.75) is 83.3 Å². The van der Waals surface area contributed by atoms with Gasteiger partial charge in [0.25, 0.3) is 0 Å². The van der Waals surface area contributed by atoms with Crippen LogP contribution in [-0.2, 0) is 14.4 Å². The Kier molecular flexibility index (Phi) is 8.77. The molecule has 2 N–H and O–H groups in total. The molecule has 0 bridgehead atoms. The van der Waals surface area contributed by atoms with Crippen LogP contribution in [0.2, 0.25) is 0 Å². The summed E-state index contributed by atoms with van der Waals surface area (Å²) in [5.74, 6) is -1.29. The molecule has 3 amide bonds. The highest BCUT2D eigenvalue weighted by atomic mass is 32.1. The Labute approximate surface area is 204 Å². The van der Waals surface area contributed by atoms with E-state index in [0.29, 0.717) is 10.7 Å².